The molecule has 1 rings (SSSR count). The van der Waals surface area contributed by atoms with E-state index in [0.717, 1.165) is 12.1 Å². The molecule has 0 saturated carbocycles. The average Bonchev–Trinajstić information content (AvgIpc) is 2.04. The lowest BCUT2D eigenvalue weighted by Crippen LogP contribution is -2.02. The zero-order valence-corrected chi connectivity index (χ0v) is 7.00. The van der Waals surface area contributed by atoms with Crippen LogP contribution in [0.1, 0.15) is 18.1 Å². The quantitative estimate of drug-likeness (QED) is 0.716. The van der Waals surface area contributed by atoms with E-state index in [9.17, 15) is 13.9 Å². The average molecular weight is 184 g/mol. The van der Waals surface area contributed by atoms with Crippen molar-refractivity contribution < 1.29 is 13.9 Å². The highest BCUT2D eigenvalue weighted by Gasteiger charge is 2.15. The molecule has 0 saturated heterocycles. The SMILES string of the molecule is C=CCC(O)c1c(F)cccc1F. The first kappa shape index (κ1) is 9.86. The Balaban J connectivity index is 3.04. The molecule has 0 aliphatic carbocycles. The molecule has 1 nitrogen and oxygen atoms in total. The Morgan fingerprint density at radius 3 is 2.38 bits per heavy atom. The molecule has 1 N–H and O–H groups in total. The van der Waals surface area contributed by atoms with Crippen LogP contribution in [0.3, 0.4) is 0 Å². The summed E-state index contributed by atoms with van der Waals surface area (Å²) in [5.41, 5.74) is -0.289. The molecule has 1 atom stereocenters. The van der Waals surface area contributed by atoms with Gasteiger partial charge in [0.15, 0.2) is 0 Å². The van der Waals surface area contributed by atoms with Crippen LogP contribution in [0, 0.1) is 11.6 Å². The standard InChI is InChI=1S/C10H10F2O/c1-2-4-9(13)10-7(11)5-3-6-8(10)12/h2-3,5-6,9,13H,1,4H2. The number of aliphatic hydroxyl groups excluding tert-OH is 1. The summed E-state index contributed by atoms with van der Waals surface area (Å²) in [7, 11) is 0. The highest BCUT2D eigenvalue weighted by atomic mass is 19.1. The Bertz CT molecular complexity index is 290. The normalized spacial score (nSPS) is 12.5. The van der Waals surface area contributed by atoms with Crippen LogP contribution in [0.5, 0.6) is 0 Å². The summed E-state index contributed by atoms with van der Waals surface area (Å²) in [6.07, 6.45) is 0.396. The minimum absolute atomic E-state index is 0.137. The summed E-state index contributed by atoms with van der Waals surface area (Å²) in [5.74, 6) is -1.45. The first-order chi connectivity index (χ1) is 6.16. The molecular formula is C10H10F2O. The van der Waals surface area contributed by atoms with Gasteiger partial charge in [0.25, 0.3) is 0 Å². The van der Waals surface area contributed by atoms with Crippen LogP contribution in [-0.4, -0.2) is 5.11 Å². The van der Waals surface area contributed by atoms with E-state index in [1.807, 2.05) is 0 Å². The zero-order chi connectivity index (χ0) is 9.84. The maximum absolute atomic E-state index is 13.0. The van der Waals surface area contributed by atoms with Gasteiger partial charge in [-0.3, -0.25) is 0 Å². The molecule has 0 spiro atoms. The Kier molecular flexibility index (Phi) is 3.14. The van der Waals surface area contributed by atoms with Crippen molar-refractivity contribution >= 4 is 0 Å². The lowest BCUT2D eigenvalue weighted by molar-refractivity contribution is 0.171. The van der Waals surface area contributed by atoms with E-state index in [1.165, 1.54) is 12.1 Å². The van der Waals surface area contributed by atoms with Crippen molar-refractivity contribution in [1.29, 1.82) is 0 Å². The van der Waals surface area contributed by atoms with Gasteiger partial charge in [-0.1, -0.05) is 12.1 Å². The first-order valence-electron chi connectivity index (χ1n) is 3.89. The second kappa shape index (κ2) is 4.14. The lowest BCUT2D eigenvalue weighted by atomic mass is 10.1. The predicted octanol–water partition coefficient (Wildman–Crippen LogP) is 2.57. The molecule has 0 aliphatic heterocycles. The molecule has 13 heavy (non-hydrogen) atoms. The van der Waals surface area contributed by atoms with Crippen LogP contribution in [0.2, 0.25) is 0 Å². The molecule has 0 heterocycles. The molecule has 70 valence electrons. The number of aliphatic hydroxyl groups is 1. The van der Waals surface area contributed by atoms with Gasteiger partial charge in [0.1, 0.15) is 11.6 Å². The third kappa shape index (κ3) is 2.12. The van der Waals surface area contributed by atoms with Crippen molar-refractivity contribution in [2.24, 2.45) is 0 Å². The van der Waals surface area contributed by atoms with Crippen LogP contribution in [0.4, 0.5) is 8.78 Å². The van der Waals surface area contributed by atoms with Gasteiger partial charge in [0.2, 0.25) is 0 Å². The van der Waals surface area contributed by atoms with Crippen LogP contribution in [0.15, 0.2) is 30.9 Å². The Morgan fingerprint density at radius 1 is 1.38 bits per heavy atom. The topological polar surface area (TPSA) is 20.2 Å². The van der Waals surface area contributed by atoms with Gasteiger partial charge in [0, 0.05) is 0 Å². The monoisotopic (exact) mass is 184 g/mol. The molecule has 0 radical (unpaired) electrons. The lowest BCUT2D eigenvalue weighted by Gasteiger charge is -2.09. The van der Waals surface area contributed by atoms with Gasteiger partial charge < -0.3 is 5.11 Å². The zero-order valence-electron chi connectivity index (χ0n) is 7.00. The Morgan fingerprint density at radius 2 is 1.92 bits per heavy atom. The third-order valence-corrected chi connectivity index (χ3v) is 1.72. The van der Waals surface area contributed by atoms with E-state index >= 15 is 0 Å². The Hall–Kier alpha value is -1.22. The van der Waals surface area contributed by atoms with E-state index < -0.39 is 17.7 Å². The number of hydrogen-bond acceptors (Lipinski definition) is 1. The maximum Gasteiger partial charge on any atom is 0.131 e. The second-order valence-electron chi connectivity index (χ2n) is 2.68. The van der Waals surface area contributed by atoms with E-state index in [2.05, 4.69) is 6.58 Å². The van der Waals surface area contributed by atoms with E-state index in [0.29, 0.717) is 0 Å². The predicted molar refractivity (Wildman–Crippen MR) is 46.1 cm³/mol. The molecule has 1 aromatic rings. The van der Waals surface area contributed by atoms with Crippen LogP contribution in [-0.2, 0) is 0 Å². The molecule has 1 unspecified atom stereocenters. The summed E-state index contributed by atoms with van der Waals surface area (Å²) in [6, 6.07) is 3.49. The van der Waals surface area contributed by atoms with Crippen molar-refractivity contribution in [3.8, 4) is 0 Å². The van der Waals surface area contributed by atoms with Crippen molar-refractivity contribution in [1.82, 2.24) is 0 Å². The van der Waals surface area contributed by atoms with Gasteiger partial charge in [-0.05, 0) is 18.6 Å². The minimum atomic E-state index is -1.15. The van der Waals surface area contributed by atoms with E-state index in [-0.39, 0.29) is 12.0 Å². The van der Waals surface area contributed by atoms with Crippen LogP contribution < -0.4 is 0 Å². The van der Waals surface area contributed by atoms with Gasteiger partial charge >= 0.3 is 0 Å². The molecular weight excluding hydrogens is 174 g/mol. The van der Waals surface area contributed by atoms with Crippen molar-refractivity contribution in [3.63, 3.8) is 0 Å². The number of hydrogen-bond donors (Lipinski definition) is 1. The van der Waals surface area contributed by atoms with Crippen LogP contribution in [0.25, 0.3) is 0 Å². The van der Waals surface area contributed by atoms with Crippen molar-refractivity contribution in [2.75, 3.05) is 0 Å². The molecule has 3 heteroatoms. The fourth-order valence-electron chi connectivity index (χ4n) is 1.10. The van der Waals surface area contributed by atoms with Gasteiger partial charge in [0.05, 0.1) is 11.7 Å². The van der Waals surface area contributed by atoms with E-state index in [1.54, 1.807) is 0 Å². The Labute approximate surface area is 75.3 Å². The molecule has 1 aromatic carbocycles. The van der Waals surface area contributed by atoms with Crippen molar-refractivity contribution in [3.05, 3.63) is 48.1 Å². The van der Waals surface area contributed by atoms with Crippen molar-refractivity contribution in [2.45, 2.75) is 12.5 Å². The summed E-state index contributed by atoms with van der Waals surface area (Å²) in [6.45, 7) is 3.38. The van der Waals surface area contributed by atoms with E-state index in [4.69, 9.17) is 0 Å². The third-order valence-electron chi connectivity index (χ3n) is 1.72. The smallest absolute Gasteiger partial charge is 0.131 e. The number of halogens is 2. The fraction of sp³-hybridized carbons (Fsp3) is 0.200. The highest BCUT2D eigenvalue weighted by Crippen LogP contribution is 2.22. The molecule has 0 aromatic heterocycles. The minimum Gasteiger partial charge on any atom is -0.388 e. The summed E-state index contributed by atoms with van der Waals surface area (Å²) in [4.78, 5) is 0. The highest BCUT2D eigenvalue weighted by molar-refractivity contribution is 5.22. The van der Waals surface area contributed by atoms with Crippen LogP contribution >= 0.6 is 0 Å². The fourth-order valence-corrected chi connectivity index (χ4v) is 1.10. The molecule has 0 fully saturated rings. The molecule has 0 amide bonds. The maximum atomic E-state index is 13.0. The number of benzene rings is 1. The molecule has 0 bridgehead atoms. The van der Waals surface area contributed by atoms with Gasteiger partial charge in [-0.25, -0.2) is 8.78 Å². The second-order valence-corrected chi connectivity index (χ2v) is 2.68. The molecule has 0 aliphatic rings. The summed E-state index contributed by atoms with van der Waals surface area (Å²) < 4.78 is 26.0. The summed E-state index contributed by atoms with van der Waals surface area (Å²) in [5, 5.41) is 9.33. The largest absolute Gasteiger partial charge is 0.388 e. The van der Waals surface area contributed by atoms with Gasteiger partial charge in [-0.15, -0.1) is 6.58 Å². The van der Waals surface area contributed by atoms with Gasteiger partial charge in [-0.2, -0.15) is 0 Å². The number of rotatable bonds is 3. The summed E-state index contributed by atoms with van der Waals surface area (Å²) >= 11 is 0. The first-order valence-corrected chi connectivity index (χ1v) is 3.89.